The average molecular weight is 293 g/mol. The number of nitrogens with one attached hydrogen (secondary N) is 1. The van der Waals surface area contributed by atoms with Gasteiger partial charge in [-0.15, -0.1) is 0 Å². The van der Waals surface area contributed by atoms with Crippen molar-refractivity contribution in [2.24, 2.45) is 17.3 Å². The van der Waals surface area contributed by atoms with Crippen molar-refractivity contribution in [1.29, 1.82) is 0 Å². The highest BCUT2D eigenvalue weighted by atomic mass is 15.1. The van der Waals surface area contributed by atoms with E-state index in [-0.39, 0.29) is 0 Å². The highest BCUT2D eigenvalue weighted by Gasteiger charge is 2.37. The molecule has 1 N–H and O–H groups in total. The van der Waals surface area contributed by atoms with Crippen LogP contribution in [-0.2, 0) is 0 Å². The third kappa shape index (κ3) is 5.25. The Kier molecular flexibility index (Phi) is 5.61. The van der Waals surface area contributed by atoms with Gasteiger partial charge in [-0.1, -0.05) is 26.2 Å². The highest BCUT2D eigenvalue weighted by Crippen LogP contribution is 2.39. The molecule has 3 fully saturated rings. The lowest BCUT2D eigenvalue weighted by atomic mass is 9.73. The van der Waals surface area contributed by atoms with Gasteiger partial charge in [-0.25, -0.2) is 0 Å². The second-order valence-electron chi connectivity index (χ2n) is 8.32. The van der Waals surface area contributed by atoms with Crippen molar-refractivity contribution in [1.82, 2.24) is 10.2 Å². The van der Waals surface area contributed by atoms with Crippen molar-refractivity contribution in [3.05, 3.63) is 0 Å². The van der Waals surface area contributed by atoms with Gasteiger partial charge in [0.05, 0.1) is 0 Å². The smallest absolute Gasteiger partial charge is 0.00504 e. The monoisotopic (exact) mass is 292 g/mol. The van der Waals surface area contributed by atoms with E-state index in [1.165, 1.54) is 96.9 Å². The van der Waals surface area contributed by atoms with Crippen molar-refractivity contribution >= 4 is 0 Å². The first kappa shape index (κ1) is 15.8. The second-order valence-corrected chi connectivity index (χ2v) is 8.32. The van der Waals surface area contributed by atoms with Crippen molar-refractivity contribution in [3.8, 4) is 0 Å². The zero-order valence-electron chi connectivity index (χ0n) is 14.2. The van der Waals surface area contributed by atoms with E-state index in [2.05, 4.69) is 17.1 Å². The van der Waals surface area contributed by atoms with E-state index >= 15 is 0 Å². The van der Waals surface area contributed by atoms with Gasteiger partial charge in [-0.2, -0.15) is 0 Å². The summed E-state index contributed by atoms with van der Waals surface area (Å²) < 4.78 is 0. The molecule has 0 atom stereocenters. The maximum atomic E-state index is 3.76. The molecule has 2 heteroatoms. The van der Waals surface area contributed by atoms with Crippen molar-refractivity contribution in [3.63, 3.8) is 0 Å². The molecule has 3 aliphatic carbocycles. The molecule has 0 heterocycles. The first-order valence-electron chi connectivity index (χ1n) is 9.73. The molecule has 0 bridgehead atoms. The molecule has 0 saturated heterocycles. The topological polar surface area (TPSA) is 15.3 Å². The summed E-state index contributed by atoms with van der Waals surface area (Å²) in [6, 6.07) is 0. The Morgan fingerprint density at radius 3 is 2.10 bits per heavy atom. The number of nitrogens with zero attached hydrogens (tertiary/aromatic N) is 1. The van der Waals surface area contributed by atoms with E-state index in [0.717, 1.165) is 11.8 Å². The fourth-order valence-electron chi connectivity index (χ4n) is 4.23. The van der Waals surface area contributed by atoms with Crippen LogP contribution in [0.1, 0.15) is 71.1 Å². The maximum Gasteiger partial charge on any atom is 0.00504 e. The summed E-state index contributed by atoms with van der Waals surface area (Å²) in [4.78, 5) is 2.88. The SMILES string of the molecule is CCCNCC1(CN(CC2CC2)CC2CC2)CCCCC1. The van der Waals surface area contributed by atoms with Crippen LogP contribution in [0.4, 0.5) is 0 Å². The number of hydrogen-bond donors (Lipinski definition) is 1. The molecule has 0 spiro atoms. The largest absolute Gasteiger partial charge is 0.316 e. The van der Waals surface area contributed by atoms with Crippen molar-refractivity contribution in [2.45, 2.75) is 71.1 Å². The summed E-state index contributed by atoms with van der Waals surface area (Å²) in [7, 11) is 0. The summed E-state index contributed by atoms with van der Waals surface area (Å²) in [5.74, 6) is 2.10. The quantitative estimate of drug-likeness (QED) is 0.611. The van der Waals surface area contributed by atoms with Gasteiger partial charge < -0.3 is 10.2 Å². The van der Waals surface area contributed by atoms with Crippen LogP contribution < -0.4 is 5.32 Å². The summed E-state index contributed by atoms with van der Waals surface area (Å²) in [6.07, 6.45) is 14.6. The summed E-state index contributed by atoms with van der Waals surface area (Å²) in [6.45, 7) is 8.96. The van der Waals surface area contributed by atoms with Crippen molar-refractivity contribution < 1.29 is 0 Å². The Balaban J connectivity index is 1.56. The standard InChI is InChI=1S/C19H36N2/c1-2-12-20-15-19(10-4-3-5-11-19)16-21(13-17-6-7-17)14-18-8-9-18/h17-18,20H,2-16H2,1H3. The van der Waals surface area contributed by atoms with Gasteiger partial charge in [-0.3, -0.25) is 0 Å². The molecular formula is C19H36N2. The molecule has 2 nitrogen and oxygen atoms in total. The van der Waals surface area contributed by atoms with E-state index in [1.54, 1.807) is 0 Å². The van der Waals surface area contributed by atoms with E-state index < -0.39 is 0 Å². The predicted octanol–water partition coefficient (Wildman–Crippen LogP) is 4.06. The third-order valence-corrected chi connectivity index (χ3v) is 5.83. The minimum atomic E-state index is 0.594. The minimum Gasteiger partial charge on any atom is -0.316 e. The molecule has 0 aromatic rings. The maximum absolute atomic E-state index is 3.76. The van der Waals surface area contributed by atoms with Crippen LogP contribution in [0.25, 0.3) is 0 Å². The van der Waals surface area contributed by atoms with Crippen LogP contribution in [0.2, 0.25) is 0 Å². The fourth-order valence-corrected chi connectivity index (χ4v) is 4.23. The molecule has 3 saturated carbocycles. The van der Waals surface area contributed by atoms with Crippen LogP contribution in [0, 0.1) is 17.3 Å². The van der Waals surface area contributed by atoms with Gasteiger partial charge >= 0.3 is 0 Å². The zero-order chi connectivity index (χ0) is 14.5. The summed E-state index contributed by atoms with van der Waals surface area (Å²) in [5.41, 5.74) is 0.594. The van der Waals surface area contributed by atoms with Crippen LogP contribution in [0.3, 0.4) is 0 Å². The van der Waals surface area contributed by atoms with Gasteiger partial charge in [0.1, 0.15) is 0 Å². The molecule has 0 aromatic heterocycles. The van der Waals surface area contributed by atoms with Gasteiger partial charge in [0.15, 0.2) is 0 Å². The molecule has 21 heavy (non-hydrogen) atoms. The predicted molar refractivity (Wildman–Crippen MR) is 90.6 cm³/mol. The zero-order valence-corrected chi connectivity index (χ0v) is 14.2. The highest BCUT2D eigenvalue weighted by molar-refractivity contribution is 4.91. The average Bonchev–Trinajstić information content (AvgIpc) is 3.37. The van der Waals surface area contributed by atoms with Crippen LogP contribution >= 0.6 is 0 Å². The number of rotatable bonds is 10. The van der Waals surface area contributed by atoms with Gasteiger partial charge in [0.25, 0.3) is 0 Å². The Morgan fingerprint density at radius 1 is 0.952 bits per heavy atom. The Labute approximate surface area is 132 Å². The number of hydrogen-bond acceptors (Lipinski definition) is 2. The lowest BCUT2D eigenvalue weighted by Crippen LogP contribution is -2.46. The Hall–Kier alpha value is -0.0800. The van der Waals surface area contributed by atoms with Gasteiger partial charge in [0, 0.05) is 26.2 Å². The first-order chi connectivity index (χ1) is 10.3. The van der Waals surface area contributed by atoms with Crippen LogP contribution in [0.15, 0.2) is 0 Å². The lowest BCUT2D eigenvalue weighted by molar-refractivity contribution is 0.0959. The third-order valence-electron chi connectivity index (χ3n) is 5.83. The van der Waals surface area contributed by atoms with Gasteiger partial charge in [0.2, 0.25) is 0 Å². The summed E-state index contributed by atoms with van der Waals surface area (Å²) in [5, 5.41) is 3.76. The lowest BCUT2D eigenvalue weighted by Gasteiger charge is -2.42. The minimum absolute atomic E-state index is 0.594. The second kappa shape index (κ2) is 7.46. The van der Waals surface area contributed by atoms with E-state index in [0.29, 0.717) is 5.41 Å². The van der Waals surface area contributed by atoms with Gasteiger partial charge in [-0.05, 0) is 68.7 Å². The molecule has 0 radical (unpaired) electrons. The molecule has 0 amide bonds. The van der Waals surface area contributed by atoms with E-state index in [4.69, 9.17) is 0 Å². The first-order valence-corrected chi connectivity index (χ1v) is 9.73. The Morgan fingerprint density at radius 2 is 1.57 bits per heavy atom. The normalized spacial score (nSPS) is 25.4. The molecular weight excluding hydrogens is 256 g/mol. The molecule has 3 aliphatic rings. The molecule has 122 valence electrons. The fraction of sp³-hybridized carbons (Fsp3) is 1.00. The van der Waals surface area contributed by atoms with E-state index in [9.17, 15) is 0 Å². The van der Waals surface area contributed by atoms with E-state index in [1.807, 2.05) is 0 Å². The molecule has 0 aromatic carbocycles. The van der Waals surface area contributed by atoms with Crippen LogP contribution in [-0.4, -0.2) is 37.6 Å². The molecule has 3 rings (SSSR count). The molecule has 0 aliphatic heterocycles. The van der Waals surface area contributed by atoms with Crippen molar-refractivity contribution in [2.75, 3.05) is 32.7 Å². The van der Waals surface area contributed by atoms with Crippen LogP contribution in [0.5, 0.6) is 0 Å². The Bertz CT molecular complexity index is 287. The molecule has 0 unspecified atom stereocenters. The summed E-state index contributed by atoms with van der Waals surface area (Å²) >= 11 is 0.